The van der Waals surface area contributed by atoms with E-state index in [1.807, 2.05) is 0 Å². The van der Waals surface area contributed by atoms with Crippen LogP contribution in [0.15, 0.2) is 18.2 Å². The molecule has 0 heterocycles. The SMILES string of the molecule is NC(=O)c1ccc(C(N)=O)c(CCCOCCOCCOCCCNC=O)c1. The van der Waals surface area contributed by atoms with Gasteiger partial charge in [0.2, 0.25) is 18.2 Å². The van der Waals surface area contributed by atoms with Gasteiger partial charge in [-0.3, -0.25) is 14.4 Å². The van der Waals surface area contributed by atoms with Gasteiger partial charge in [0, 0.05) is 30.9 Å². The van der Waals surface area contributed by atoms with E-state index >= 15 is 0 Å². The van der Waals surface area contributed by atoms with Crippen molar-refractivity contribution in [3.05, 3.63) is 34.9 Å². The lowest BCUT2D eigenvalue weighted by atomic mass is 9.99. The summed E-state index contributed by atoms with van der Waals surface area (Å²) >= 11 is 0. The van der Waals surface area contributed by atoms with Crippen molar-refractivity contribution in [2.45, 2.75) is 19.3 Å². The number of benzene rings is 1. The number of nitrogens with two attached hydrogens (primary N) is 2. The molecule has 9 nitrogen and oxygen atoms in total. The quantitative estimate of drug-likeness (QED) is 0.250. The van der Waals surface area contributed by atoms with Crippen molar-refractivity contribution >= 4 is 18.2 Å². The molecule has 0 aliphatic rings. The number of aryl methyl sites for hydroxylation is 1. The Morgan fingerprint density at radius 2 is 1.50 bits per heavy atom. The third-order valence-electron chi connectivity index (χ3n) is 3.83. The molecule has 156 valence electrons. The Balaban J connectivity index is 2.10. The fourth-order valence-electron chi connectivity index (χ4n) is 2.44. The molecule has 1 aromatic rings. The largest absolute Gasteiger partial charge is 0.379 e. The highest BCUT2D eigenvalue weighted by Crippen LogP contribution is 2.14. The van der Waals surface area contributed by atoms with Crippen molar-refractivity contribution in [1.29, 1.82) is 0 Å². The summed E-state index contributed by atoms with van der Waals surface area (Å²) in [5.74, 6) is -1.09. The molecule has 0 radical (unpaired) electrons. The molecule has 0 bridgehead atoms. The smallest absolute Gasteiger partial charge is 0.248 e. The zero-order chi connectivity index (χ0) is 20.6. The Labute approximate surface area is 164 Å². The van der Waals surface area contributed by atoms with Gasteiger partial charge < -0.3 is 31.0 Å². The van der Waals surface area contributed by atoms with E-state index in [0.29, 0.717) is 82.1 Å². The number of carbonyl (C=O) groups is 3. The van der Waals surface area contributed by atoms with Crippen molar-refractivity contribution in [2.24, 2.45) is 11.5 Å². The maximum absolute atomic E-state index is 11.5. The molecule has 0 unspecified atom stereocenters. The number of hydrogen-bond acceptors (Lipinski definition) is 6. The minimum absolute atomic E-state index is 0.344. The number of rotatable bonds is 17. The standard InChI is InChI=1S/C19H29N3O6/c20-18(24)16-4-5-17(19(21)25)15(13-16)3-1-7-26-9-11-28-12-10-27-8-2-6-22-14-23/h4-5,13-14H,1-3,6-12H2,(H2,20,24)(H2,21,25)(H,22,23). The Kier molecular flexibility index (Phi) is 12.2. The van der Waals surface area contributed by atoms with Gasteiger partial charge >= 0.3 is 0 Å². The molecule has 5 N–H and O–H groups in total. The van der Waals surface area contributed by atoms with Gasteiger partial charge in [-0.2, -0.15) is 0 Å². The zero-order valence-corrected chi connectivity index (χ0v) is 16.0. The molecular weight excluding hydrogens is 366 g/mol. The third-order valence-corrected chi connectivity index (χ3v) is 3.83. The normalized spacial score (nSPS) is 10.6. The minimum Gasteiger partial charge on any atom is -0.379 e. The summed E-state index contributed by atoms with van der Waals surface area (Å²) in [6, 6.07) is 4.61. The van der Waals surface area contributed by atoms with Gasteiger partial charge in [0.15, 0.2) is 0 Å². The minimum atomic E-state index is -0.549. The first-order chi connectivity index (χ1) is 13.6. The lowest BCUT2D eigenvalue weighted by Gasteiger charge is -2.09. The van der Waals surface area contributed by atoms with Crippen molar-refractivity contribution in [1.82, 2.24) is 5.32 Å². The van der Waals surface area contributed by atoms with Crippen molar-refractivity contribution in [3.63, 3.8) is 0 Å². The Morgan fingerprint density at radius 1 is 0.893 bits per heavy atom. The van der Waals surface area contributed by atoms with Crippen LogP contribution < -0.4 is 16.8 Å². The van der Waals surface area contributed by atoms with Gasteiger partial charge in [0.1, 0.15) is 0 Å². The predicted molar refractivity (Wildman–Crippen MR) is 103 cm³/mol. The average Bonchev–Trinajstić information content (AvgIpc) is 2.67. The first-order valence-electron chi connectivity index (χ1n) is 9.19. The first-order valence-corrected chi connectivity index (χ1v) is 9.19. The second-order valence-corrected chi connectivity index (χ2v) is 5.97. The summed E-state index contributed by atoms with van der Waals surface area (Å²) < 4.78 is 16.2. The molecule has 0 saturated carbocycles. The number of hydrogen-bond donors (Lipinski definition) is 3. The number of nitrogens with one attached hydrogen (secondary N) is 1. The van der Waals surface area contributed by atoms with Crippen LogP contribution >= 0.6 is 0 Å². The molecule has 28 heavy (non-hydrogen) atoms. The van der Waals surface area contributed by atoms with Gasteiger partial charge in [-0.25, -0.2) is 0 Å². The van der Waals surface area contributed by atoms with Crippen LogP contribution in [0.4, 0.5) is 0 Å². The number of carbonyl (C=O) groups excluding carboxylic acids is 3. The van der Waals surface area contributed by atoms with Crippen LogP contribution in [0.1, 0.15) is 39.1 Å². The van der Waals surface area contributed by atoms with Crippen LogP contribution in [-0.4, -0.2) is 64.4 Å². The first kappa shape index (κ1) is 23.5. The highest BCUT2D eigenvalue weighted by molar-refractivity contribution is 5.97. The molecule has 0 aliphatic carbocycles. The van der Waals surface area contributed by atoms with E-state index in [9.17, 15) is 14.4 Å². The molecule has 0 spiro atoms. The summed E-state index contributed by atoms with van der Waals surface area (Å²) in [6.07, 6.45) is 2.65. The van der Waals surface area contributed by atoms with Crippen molar-refractivity contribution < 1.29 is 28.6 Å². The molecule has 0 saturated heterocycles. The second kappa shape index (κ2) is 14.6. The van der Waals surface area contributed by atoms with E-state index < -0.39 is 11.8 Å². The average molecular weight is 395 g/mol. The zero-order valence-electron chi connectivity index (χ0n) is 16.0. The Morgan fingerprint density at radius 3 is 2.07 bits per heavy atom. The Bertz CT molecular complexity index is 624. The molecule has 0 aliphatic heterocycles. The number of ether oxygens (including phenoxy) is 3. The third kappa shape index (κ3) is 10.0. The maximum atomic E-state index is 11.5. The molecule has 0 fully saturated rings. The highest BCUT2D eigenvalue weighted by atomic mass is 16.5. The monoisotopic (exact) mass is 395 g/mol. The number of primary amides is 2. The molecule has 1 rings (SSSR count). The van der Waals surface area contributed by atoms with E-state index in [1.54, 1.807) is 6.07 Å². The summed E-state index contributed by atoms with van der Waals surface area (Å²) in [7, 11) is 0. The van der Waals surface area contributed by atoms with Crippen LogP contribution in [0.2, 0.25) is 0 Å². The molecule has 1 aromatic carbocycles. The van der Waals surface area contributed by atoms with E-state index in [1.165, 1.54) is 12.1 Å². The van der Waals surface area contributed by atoms with Gasteiger partial charge in [-0.1, -0.05) is 0 Å². The predicted octanol–water partition coefficient (Wildman–Crippen LogP) is 0.00290. The molecular formula is C19H29N3O6. The number of amides is 3. The van der Waals surface area contributed by atoms with E-state index in [2.05, 4.69) is 5.32 Å². The van der Waals surface area contributed by atoms with Gasteiger partial charge in [0.25, 0.3) is 0 Å². The van der Waals surface area contributed by atoms with Crippen molar-refractivity contribution in [2.75, 3.05) is 46.2 Å². The van der Waals surface area contributed by atoms with Crippen LogP contribution in [-0.2, 0) is 25.4 Å². The Hall–Kier alpha value is -2.49. The fraction of sp³-hybridized carbons (Fsp3) is 0.526. The maximum Gasteiger partial charge on any atom is 0.248 e. The van der Waals surface area contributed by atoms with Gasteiger partial charge in [0.05, 0.1) is 26.4 Å². The molecule has 3 amide bonds. The highest BCUT2D eigenvalue weighted by Gasteiger charge is 2.11. The molecule has 9 heteroatoms. The topological polar surface area (TPSA) is 143 Å². The lowest BCUT2D eigenvalue weighted by molar-refractivity contribution is -0.109. The van der Waals surface area contributed by atoms with Gasteiger partial charge in [-0.15, -0.1) is 0 Å². The lowest BCUT2D eigenvalue weighted by Crippen LogP contribution is -2.17. The van der Waals surface area contributed by atoms with E-state index in [-0.39, 0.29) is 0 Å². The summed E-state index contributed by atoms with van der Waals surface area (Å²) in [5.41, 5.74) is 12.0. The van der Waals surface area contributed by atoms with Crippen LogP contribution in [0, 0.1) is 0 Å². The fourth-order valence-corrected chi connectivity index (χ4v) is 2.44. The van der Waals surface area contributed by atoms with Crippen molar-refractivity contribution in [3.8, 4) is 0 Å². The molecule has 0 aromatic heterocycles. The van der Waals surface area contributed by atoms with Crippen LogP contribution in [0.3, 0.4) is 0 Å². The summed E-state index contributed by atoms with van der Waals surface area (Å²) in [6.45, 7) is 3.55. The summed E-state index contributed by atoms with van der Waals surface area (Å²) in [4.78, 5) is 32.8. The van der Waals surface area contributed by atoms with Gasteiger partial charge in [-0.05, 0) is 43.0 Å². The second-order valence-electron chi connectivity index (χ2n) is 5.97. The van der Waals surface area contributed by atoms with E-state index in [4.69, 9.17) is 25.7 Å². The molecule has 0 atom stereocenters. The van der Waals surface area contributed by atoms with Crippen LogP contribution in [0.5, 0.6) is 0 Å². The van der Waals surface area contributed by atoms with Crippen LogP contribution in [0.25, 0.3) is 0 Å². The van der Waals surface area contributed by atoms with E-state index in [0.717, 1.165) is 6.42 Å². The summed E-state index contributed by atoms with van der Waals surface area (Å²) in [5, 5.41) is 2.56.